The maximum absolute atomic E-state index is 13.9. The Morgan fingerprint density at radius 1 is 1.25 bits per heavy atom. The molecule has 6 nitrogen and oxygen atoms in total. The molecule has 1 aliphatic carbocycles. The van der Waals surface area contributed by atoms with Gasteiger partial charge in [-0.2, -0.15) is 4.39 Å². The number of amides is 1. The van der Waals surface area contributed by atoms with Crippen LogP contribution >= 0.6 is 0 Å². The number of likely N-dealkylation sites (tertiary alicyclic amines) is 1. The van der Waals surface area contributed by atoms with E-state index in [9.17, 15) is 23.8 Å². The SMILES string of the molecule is O=C1CCc2cc([C@H](O)CN3C[C@@H]4C[C@@H](Oc5cccc(F)c5F)C[C@]4(O)C3)ccc2N1. The van der Waals surface area contributed by atoms with Gasteiger partial charge >= 0.3 is 0 Å². The number of carbonyl (C=O) groups excluding carboxylic acids is 1. The van der Waals surface area contributed by atoms with Gasteiger partial charge in [0.25, 0.3) is 0 Å². The summed E-state index contributed by atoms with van der Waals surface area (Å²) in [6.45, 7) is 1.37. The van der Waals surface area contributed by atoms with E-state index in [0.717, 1.165) is 22.9 Å². The second-order valence-electron chi connectivity index (χ2n) is 9.21. The largest absolute Gasteiger partial charge is 0.487 e. The molecule has 3 aliphatic rings. The lowest BCUT2D eigenvalue weighted by Crippen LogP contribution is -2.36. The van der Waals surface area contributed by atoms with Crippen molar-refractivity contribution in [1.29, 1.82) is 0 Å². The molecule has 8 heteroatoms. The van der Waals surface area contributed by atoms with Crippen molar-refractivity contribution < 1.29 is 28.5 Å². The van der Waals surface area contributed by atoms with Crippen LogP contribution in [0.3, 0.4) is 0 Å². The highest BCUT2D eigenvalue weighted by molar-refractivity contribution is 5.93. The van der Waals surface area contributed by atoms with Crippen LogP contribution in [0.1, 0.15) is 36.5 Å². The summed E-state index contributed by atoms with van der Waals surface area (Å²) in [4.78, 5) is 13.6. The summed E-state index contributed by atoms with van der Waals surface area (Å²) < 4.78 is 33.0. The first kappa shape index (κ1) is 21.3. The van der Waals surface area contributed by atoms with Gasteiger partial charge in [0.15, 0.2) is 11.6 Å². The fraction of sp³-hybridized carbons (Fsp3) is 0.458. The lowest BCUT2D eigenvalue weighted by Gasteiger charge is -2.25. The maximum atomic E-state index is 13.9. The van der Waals surface area contributed by atoms with Crippen molar-refractivity contribution in [3.05, 3.63) is 59.2 Å². The molecular weight excluding hydrogens is 418 g/mol. The average molecular weight is 444 g/mol. The van der Waals surface area contributed by atoms with Gasteiger partial charge in [-0.05, 0) is 42.2 Å². The van der Waals surface area contributed by atoms with E-state index in [0.29, 0.717) is 45.3 Å². The number of benzene rings is 2. The number of nitrogens with zero attached hydrogens (tertiary/aromatic N) is 1. The summed E-state index contributed by atoms with van der Waals surface area (Å²) in [5.74, 6) is -2.15. The predicted molar refractivity (Wildman–Crippen MR) is 113 cm³/mol. The number of carbonyl (C=O) groups is 1. The molecule has 1 saturated heterocycles. The van der Waals surface area contributed by atoms with E-state index in [-0.39, 0.29) is 23.7 Å². The zero-order valence-corrected chi connectivity index (χ0v) is 17.6. The third-order valence-electron chi connectivity index (χ3n) is 6.91. The van der Waals surface area contributed by atoms with Crippen molar-refractivity contribution >= 4 is 11.6 Å². The van der Waals surface area contributed by atoms with E-state index in [2.05, 4.69) is 5.32 Å². The molecule has 2 aromatic rings. The molecule has 2 aromatic carbocycles. The van der Waals surface area contributed by atoms with Gasteiger partial charge < -0.3 is 20.3 Å². The molecule has 170 valence electrons. The van der Waals surface area contributed by atoms with E-state index < -0.39 is 23.3 Å². The molecule has 32 heavy (non-hydrogen) atoms. The first-order valence-electron chi connectivity index (χ1n) is 11.0. The Balaban J connectivity index is 1.19. The van der Waals surface area contributed by atoms with Crippen LogP contribution in [-0.2, 0) is 11.2 Å². The van der Waals surface area contributed by atoms with E-state index in [1.54, 1.807) is 0 Å². The Labute approximate surface area is 184 Å². The van der Waals surface area contributed by atoms with Gasteiger partial charge in [-0.1, -0.05) is 18.2 Å². The molecule has 0 aromatic heterocycles. The number of aliphatic hydroxyl groups is 2. The normalized spacial score (nSPS) is 28.2. The van der Waals surface area contributed by atoms with Crippen molar-refractivity contribution in [2.75, 3.05) is 25.0 Å². The highest BCUT2D eigenvalue weighted by Crippen LogP contribution is 2.44. The number of anilines is 1. The quantitative estimate of drug-likeness (QED) is 0.661. The van der Waals surface area contributed by atoms with E-state index >= 15 is 0 Å². The summed E-state index contributed by atoms with van der Waals surface area (Å²) in [5, 5.41) is 24.7. The summed E-state index contributed by atoms with van der Waals surface area (Å²) in [6.07, 6.45) is 0.866. The fourth-order valence-corrected chi connectivity index (χ4v) is 5.33. The minimum atomic E-state index is -1.01. The van der Waals surface area contributed by atoms with Crippen LogP contribution in [0.2, 0.25) is 0 Å². The molecule has 1 amide bonds. The van der Waals surface area contributed by atoms with E-state index in [1.165, 1.54) is 12.1 Å². The molecule has 4 atom stereocenters. The van der Waals surface area contributed by atoms with Crippen LogP contribution in [0.25, 0.3) is 0 Å². The fourth-order valence-electron chi connectivity index (χ4n) is 5.33. The van der Waals surface area contributed by atoms with Crippen molar-refractivity contribution in [3.63, 3.8) is 0 Å². The summed E-state index contributed by atoms with van der Waals surface area (Å²) >= 11 is 0. The minimum Gasteiger partial charge on any atom is -0.487 e. The van der Waals surface area contributed by atoms with E-state index in [1.807, 2.05) is 23.1 Å². The smallest absolute Gasteiger partial charge is 0.224 e. The highest BCUT2D eigenvalue weighted by atomic mass is 19.2. The number of aryl methyl sites for hydroxylation is 1. The molecule has 0 unspecified atom stereocenters. The first-order chi connectivity index (χ1) is 15.3. The van der Waals surface area contributed by atoms with Crippen molar-refractivity contribution in [3.8, 4) is 5.75 Å². The summed E-state index contributed by atoms with van der Waals surface area (Å²) in [5.41, 5.74) is 1.62. The van der Waals surface area contributed by atoms with Gasteiger partial charge in [0.1, 0.15) is 6.10 Å². The molecule has 2 heterocycles. The molecule has 2 aliphatic heterocycles. The first-order valence-corrected chi connectivity index (χ1v) is 11.0. The second-order valence-corrected chi connectivity index (χ2v) is 9.21. The molecule has 3 N–H and O–H groups in total. The lowest BCUT2D eigenvalue weighted by atomic mass is 9.95. The summed E-state index contributed by atoms with van der Waals surface area (Å²) in [7, 11) is 0. The number of fused-ring (bicyclic) bond motifs is 2. The molecule has 0 spiro atoms. The highest BCUT2D eigenvalue weighted by Gasteiger charge is 2.53. The Bertz CT molecular complexity index is 1050. The lowest BCUT2D eigenvalue weighted by molar-refractivity contribution is -0.116. The molecule has 0 radical (unpaired) electrons. The number of rotatable bonds is 5. The number of ether oxygens (including phenoxy) is 1. The monoisotopic (exact) mass is 444 g/mol. The third kappa shape index (κ3) is 3.98. The average Bonchev–Trinajstić information content (AvgIpc) is 3.21. The third-order valence-corrected chi connectivity index (χ3v) is 6.91. The standard InChI is InChI=1S/C24H26F2N2O4/c25-18-2-1-3-21(23(18)26)32-17-9-16-11-28(13-24(16,31)10-17)12-20(29)15-4-6-19-14(8-15)5-7-22(30)27-19/h1-4,6,8,16-17,20,29,31H,5,7,9-13H2,(H,27,30)/t16-,17+,20+,24-/m0/s1. The number of halogens is 2. The Hall–Kier alpha value is -2.55. The topological polar surface area (TPSA) is 82.0 Å². The molecule has 5 rings (SSSR count). The predicted octanol–water partition coefficient (Wildman–Crippen LogP) is 2.79. The van der Waals surface area contributed by atoms with Crippen LogP contribution in [0.4, 0.5) is 14.5 Å². The molecular formula is C24H26F2N2O4. The number of aliphatic hydroxyl groups excluding tert-OH is 1. The van der Waals surface area contributed by atoms with Crippen LogP contribution in [-0.4, -0.2) is 52.4 Å². The Kier molecular flexibility index (Phi) is 5.39. The van der Waals surface area contributed by atoms with Crippen LogP contribution < -0.4 is 10.1 Å². The van der Waals surface area contributed by atoms with Gasteiger partial charge in [-0.3, -0.25) is 9.69 Å². The van der Waals surface area contributed by atoms with Crippen molar-refractivity contribution in [1.82, 2.24) is 4.90 Å². The molecule has 1 saturated carbocycles. The van der Waals surface area contributed by atoms with Gasteiger partial charge in [0.2, 0.25) is 11.7 Å². The number of hydrogen-bond donors (Lipinski definition) is 3. The molecule has 0 bridgehead atoms. The molecule has 2 fully saturated rings. The minimum absolute atomic E-state index is 0.00469. The zero-order valence-electron chi connectivity index (χ0n) is 17.6. The Morgan fingerprint density at radius 3 is 2.91 bits per heavy atom. The number of nitrogens with one attached hydrogen (secondary N) is 1. The summed E-state index contributed by atoms with van der Waals surface area (Å²) in [6, 6.07) is 9.41. The van der Waals surface area contributed by atoms with Crippen LogP contribution in [0.15, 0.2) is 36.4 Å². The number of hydrogen-bond acceptors (Lipinski definition) is 5. The van der Waals surface area contributed by atoms with Gasteiger partial charge in [0.05, 0.1) is 11.7 Å². The Morgan fingerprint density at radius 2 is 2.09 bits per heavy atom. The maximum Gasteiger partial charge on any atom is 0.224 e. The van der Waals surface area contributed by atoms with Gasteiger partial charge in [-0.25, -0.2) is 4.39 Å². The van der Waals surface area contributed by atoms with Crippen LogP contribution in [0, 0.1) is 17.6 Å². The van der Waals surface area contributed by atoms with E-state index in [4.69, 9.17) is 4.74 Å². The van der Waals surface area contributed by atoms with Crippen LogP contribution in [0.5, 0.6) is 5.75 Å². The van der Waals surface area contributed by atoms with Gasteiger partial charge in [0, 0.05) is 44.1 Å². The van der Waals surface area contributed by atoms with Crippen molar-refractivity contribution in [2.24, 2.45) is 5.92 Å². The number of β-amino-alcohol motifs (C(OH)–C–C–N with tert-alkyl or cyclic N) is 2. The van der Waals surface area contributed by atoms with Gasteiger partial charge in [-0.15, -0.1) is 0 Å². The van der Waals surface area contributed by atoms with Crippen molar-refractivity contribution in [2.45, 2.75) is 43.5 Å². The zero-order chi connectivity index (χ0) is 22.5. The second kappa shape index (κ2) is 8.10.